The van der Waals surface area contributed by atoms with E-state index in [1.165, 1.54) is 11.8 Å². The van der Waals surface area contributed by atoms with Crippen molar-refractivity contribution in [2.24, 2.45) is 5.92 Å². The summed E-state index contributed by atoms with van der Waals surface area (Å²) in [6.45, 7) is 2.02. The van der Waals surface area contributed by atoms with Gasteiger partial charge in [-0.2, -0.15) is 0 Å². The lowest BCUT2D eigenvalue weighted by atomic mass is 9.91. The summed E-state index contributed by atoms with van der Waals surface area (Å²) in [5, 5.41) is 12.7. The van der Waals surface area contributed by atoms with Crippen LogP contribution < -0.4 is 10.2 Å². The second-order valence-corrected chi connectivity index (χ2v) is 15.1. The number of rotatable bonds is 12. The Morgan fingerprint density at radius 1 is 0.828 bits per heavy atom. The molecule has 5 aromatic carbocycles. The number of ether oxygens (including phenoxy) is 3. The molecule has 1 aromatic heterocycles. The number of carbonyl (C=O) groups excluding carboxylic acids is 3. The topological polar surface area (TPSA) is 140 Å². The number of hydrogen-bond acceptors (Lipinski definition) is 10. The molecule has 3 heterocycles. The van der Waals surface area contributed by atoms with Crippen LogP contribution in [0.2, 0.25) is 0 Å². The summed E-state index contributed by atoms with van der Waals surface area (Å²) in [5.74, 6) is 0.0101. The third-order valence-electron chi connectivity index (χ3n) is 10.2. The van der Waals surface area contributed by atoms with Gasteiger partial charge < -0.3 is 29.1 Å². The van der Waals surface area contributed by atoms with Crippen LogP contribution in [0.3, 0.4) is 0 Å². The minimum atomic E-state index is -1.07. The number of nitrogens with zero attached hydrogens (tertiary/aromatic N) is 2. The second-order valence-electron chi connectivity index (χ2n) is 14.1. The second kappa shape index (κ2) is 17.6. The Kier molecular flexibility index (Phi) is 11.8. The first-order valence-corrected chi connectivity index (χ1v) is 20.0. The summed E-state index contributed by atoms with van der Waals surface area (Å²) >= 11 is 1.45. The van der Waals surface area contributed by atoms with E-state index < -0.39 is 36.3 Å². The van der Waals surface area contributed by atoms with Gasteiger partial charge in [0, 0.05) is 28.4 Å². The maximum Gasteiger partial charge on any atom is 0.408 e. The Bertz CT molecular complexity index is 2300. The number of amides is 3. The van der Waals surface area contributed by atoms with Crippen LogP contribution in [-0.2, 0) is 37.0 Å². The number of nitrogens with one attached hydrogen (secondary N) is 1. The number of thioether (sulfide) groups is 1. The van der Waals surface area contributed by atoms with Crippen LogP contribution in [0.1, 0.15) is 48.0 Å². The summed E-state index contributed by atoms with van der Waals surface area (Å²) < 4.78 is 25.1. The molecule has 0 bridgehead atoms. The van der Waals surface area contributed by atoms with Crippen molar-refractivity contribution in [3.05, 3.63) is 162 Å². The molecule has 6 aromatic rings. The van der Waals surface area contributed by atoms with Gasteiger partial charge in [-0.1, -0.05) is 146 Å². The molecule has 58 heavy (non-hydrogen) atoms. The maximum atomic E-state index is 13.6. The van der Waals surface area contributed by atoms with Gasteiger partial charge in [-0.25, -0.2) is 14.7 Å². The highest BCUT2D eigenvalue weighted by atomic mass is 32.2. The van der Waals surface area contributed by atoms with Gasteiger partial charge in [-0.05, 0) is 28.8 Å². The highest BCUT2D eigenvalue weighted by Crippen LogP contribution is 2.44. The number of aromatic nitrogens is 1. The largest absolute Gasteiger partial charge is 0.445 e. The lowest BCUT2D eigenvalue weighted by Gasteiger charge is -2.41. The number of oxazole rings is 1. The Labute approximate surface area is 340 Å². The average Bonchev–Trinajstić information content (AvgIpc) is 3.82. The number of benzene rings is 5. The number of anilines is 1. The number of aliphatic hydroxyl groups excluding tert-OH is 1. The standard InChI is InChI=1S/C46H41N3O8S/c1-29-38(28-58-46-48-40(32-14-7-3-8-15-32)42(57-46)33-16-9-4-10-17-33)55-44(56-41(29)34-22-20-30(26-50)21-23-34)35-18-11-19-36(24-35)49-39(51)25-37(43(49)52)47-45(53)54-27-31-12-5-2-6-13-31/h2-24,29,37-38,41,44,50H,25-28H2,1H3,(H,47,53). The highest BCUT2D eigenvalue weighted by molar-refractivity contribution is 7.99. The van der Waals surface area contributed by atoms with Gasteiger partial charge in [0.15, 0.2) is 12.1 Å². The zero-order chi connectivity index (χ0) is 40.0. The molecule has 2 saturated heterocycles. The molecule has 0 aliphatic carbocycles. The number of alkyl carbamates (subject to hydrolysis) is 1. The minimum absolute atomic E-state index is 0.0286. The van der Waals surface area contributed by atoms with E-state index in [4.69, 9.17) is 23.6 Å². The van der Waals surface area contributed by atoms with E-state index in [9.17, 15) is 19.5 Å². The first-order valence-electron chi connectivity index (χ1n) is 19.0. The van der Waals surface area contributed by atoms with Crippen molar-refractivity contribution >= 4 is 35.4 Å². The Balaban J connectivity index is 1.02. The molecule has 0 spiro atoms. The zero-order valence-electron chi connectivity index (χ0n) is 31.6. The summed E-state index contributed by atoms with van der Waals surface area (Å²) in [4.78, 5) is 45.4. The summed E-state index contributed by atoms with van der Waals surface area (Å²) in [6, 6.07) is 42.5. The number of aliphatic hydroxyl groups is 1. The van der Waals surface area contributed by atoms with Crippen LogP contribution in [0.5, 0.6) is 0 Å². The van der Waals surface area contributed by atoms with E-state index in [-0.39, 0.29) is 31.7 Å². The maximum absolute atomic E-state index is 13.6. The SMILES string of the molecule is CC1C(CSc2nc(-c3ccccc3)c(-c3ccccc3)o2)OC(c2cccc(N3C(=O)CC(NC(=O)OCc4ccccc4)C3=O)c2)OC1c1ccc(CO)cc1. The first-order chi connectivity index (χ1) is 28.3. The smallest absolute Gasteiger partial charge is 0.408 e. The molecule has 11 nitrogen and oxygen atoms in total. The molecule has 2 aliphatic rings. The van der Waals surface area contributed by atoms with Gasteiger partial charge >= 0.3 is 6.09 Å². The highest BCUT2D eigenvalue weighted by Gasteiger charge is 2.42. The predicted molar refractivity (Wildman–Crippen MR) is 218 cm³/mol. The van der Waals surface area contributed by atoms with E-state index in [0.29, 0.717) is 28.0 Å². The van der Waals surface area contributed by atoms with E-state index in [0.717, 1.165) is 38.4 Å². The summed E-state index contributed by atoms with van der Waals surface area (Å²) in [5.41, 5.74) is 6.03. The molecule has 8 rings (SSSR count). The van der Waals surface area contributed by atoms with Crippen LogP contribution >= 0.6 is 11.8 Å². The van der Waals surface area contributed by atoms with Gasteiger partial charge in [0.25, 0.3) is 11.1 Å². The lowest BCUT2D eigenvalue weighted by molar-refractivity contribution is -0.268. The molecule has 2 aliphatic heterocycles. The van der Waals surface area contributed by atoms with Crippen molar-refractivity contribution in [1.29, 1.82) is 0 Å². The van der Waals surface area contributed by atoms with Crippen LogP contribution in [0.15, 0.2) is 149 Å². The zero-order valence-corrected chi connectivity index (χ0v) is 32.4. The molecule has 5 atom stereocenters. The fourth-order valence-corrected chi connectivity index (χ4v) is 8.12. The van der Waals surface area contributed by atoms with Crippen molar-refractivity contribution in [1.82, 2.24) is 10.3 Å². The molecule has 0 saturated carbocycles. The third-order valence-corrected chi connectivity index (χ3v) is 11.2. The van der Waals surface area contributed by atoms with Crippen molar-refractivity contribution < 1.29 is 38.1 Å². The molecule has 2 fully saturated rings. The molecule has 12 heteroatoms. The Morgan fingerprint density at radius 2 is 1.52 bits per heavy atom. The molecule has 2 N–H and O–H groups in total. The first kappa shape index (κ1) is 38.8. The molecule has 3 amide bonds. The summed E-state index contributed by atoms with van der Waals surface area (Å²) in [7, 11) is 0. The van der Waals surface area contributed by atoms with Crippen LogP contribution in [-0.4, -0.2) is 45.9 Å². The van der Waals surface area contributed by atoms with E-state index in [1.54, 1.807) is 18.2 Å². The quantitative estimate of drug-likeness (QED) is 0.0914. The van der Waals surface area contributed by atoms with Gasteiger partial charge in [-0.15, -0.1) is 0 Å². The normalized spacial score (nSPS) is 20.6. The van der Waals surface area contributed by atoms with Gasteiger partial charge in [0.2, 0.25) is 5.91 Å². The molecule has 0 radical (unpaired) electrons. The van der Waals surface area contributed by atoms with Crippen molar-refractivity contribution in [2.75, 3.05) is 10.7 Å². The monoisotopic (exact) mass is 795 g/mol. The average molecular weight is 796 g/mol. The van der Waals surface area contributed by atoms with E-state index in [1.807, 2.05) is 121 Å². The van der Waals surface area contributed by atoms with Crippen molar-refractivity contribution in [3.8, 4) is 22.6 Å². The van der Waals surface area contributed by atoms with Gasteiger partial charge in [0.05, 0.1) is 30.9 Å². The van der Waals surface area contributed by atoms with Crippen LogP contribution in [0, 0.1) is 5.92 Å². The van der Waals surface area contributed by atoms with E-state index in [2.05, 4.69) is 12.2 Å². The van der Waals surface area contributed by atoms with E-state index >= 15 is 0 Å². The van der Waals surface area contributed by atoms with Crippen molar-refractivity contribution in [3.63, 3.8) is 0 Å². The molecular weight excluding hydrogens is 755 g/mol. The third kappa shape index (κ3) is 8.60. The molecular formula is C46H41N3O8S. The predicted octanol–water partition coefficient (Wildman–Crippen LogP) is 8.64. The van der Waals surface area contributed by atoms with Crippen molar-refractivity contribution in [2.45, 2.75) is 56.3 Å². The van der Waals surface area contributed by atoms with Gasteiger partial charge in [0.1, 0.15) is 18.3 Å². The fraction of sp³-hybridized carbons (Fsp3) is 0.217. The Hall–Kier alpha value is -6.05. The van der Waals surface area contributed by atoms with Gasteiger partial charge in [-0.3, -0.25) is 9.59 Å². The minimum Gasteiger partial charge on any atom is -0.445 e. The van der Waals surface area contributed by atoms with Crippen LogP contribution in [0.25, 0.3) is 22.6 Å². The Morgan fingerprint density at radius 3 is 2.22 bits per heavy atom. The number of hydrogen-bond donors (Lipinski definition) is 2. The lowest BCUT2D eigenvalue weighted by Crippen LogP contribution is -2.42. The summed E-state index contributed by atoms with van der Waals surface area (Å²) in [6.07, 6.45) is -2.63. The van der Waals surface area contributed by atoms with Crippen LogP contribution in [0.4, 0.5) is 10.5 Å². The molecule has 5 unspecified atom stereocenters. The number of imide groups is 1. The fourth-order valence-electron chi connectivity index (χ4n) is 7.14. The number of carbonyl (C=O) groups is 3. The molecule has 294 valence electrons.